The van der Waals surface area contributed by atoms with Crippen molar-refractivity contribution in [2.24, 2.45) is 0 Å². The maximum atomic E-state index is 12.8. The highest BCUT2D eigenvalue weighted by atomic mass is 32.1. The van der Waals surface area contributed by atoms with Crippen LogP contribution in [0.25, 0.3) is 0 Å². The van der Waals surface area contributed by atoms with Crippen molar-refractivity contribution >= 4 is 17.2 Å². The molecule has 22 heavy (non-hydrogen) atoms. The van der Waals surface area contributed by atoms with Gasteiger partial charge in [-0.1, -0.05) is 26.3 Å². The number of amides is 1. The van der Waals surface area contributed by atoms with Gasteiger partial charge in [0, 0.05) is 23.4 Å². The first-order chi connectivity index (χ1) is 10.4. The number of carbonyl (C=O) groups excluding carboxylic acids is 1. The van der Waals surface area contributed by atoms with Crippen molar-refractivity contribution in [3.63, 3.8) is 0 Å². The molecule has 0 N–H and O–H groups in total. The fraction of sp³-hybridized carbons (Fsp3) is 0.667. The lowest BCUT2D eigenvalue weighted by Gasteiger charge is -2.25. The zero-order valence-corrected chi connectivity index (χ0v) is 15.3. The highest BCUT2D eigenvalue weighted by molar-refractivity contribution is 7.11. The zero-order chi connectivity index (χ0) is 16.3. The fourth-order valence-electron chi connectivity index (χ4n) is 2.85. The van der Waals surface area contributed by atoms with E-state index in [1.54, 1.807) is 11.3 Å². The SMILES string of the molecule is Cc1nc(C(C)C)sc1[C@@H](C)N(C)C(=O)C1=CCCCCC1. The van der Waals surface area contributed by atoms with Crippen LogP contribution < -0.4 is 0 Å². The van der Waals surface area contributed by atoms with Gasteiger partial charge in [0.25, 0.3) is 0 Å². The van der Waals surface area contributed by atoms with E-state index in [2.05, 4.69) is 38.8 Å². The minimum atomic E-state index is 0.0849. The van der Waals surface area contributed by atoms with Gasteiger partial charge in [-0.25, -0.2) is 4.98 Å². The van der Waals surface area contributed by atoms with Crippen LogP contribution >= 0.6 is 11.3 Å². The van der Waals surface area contributed by atoms with Gasteiger partial charge in [0.1, 0.15) is 0 Å². The van der Waals surface area contributed by atoms with Crippen molar-refractivity contribution in [2.45, 2.75) is 71.8 Å². The third kappa shape index (κ3) is 3.78. The molecule has 1 aliphatic carbocycles. The molecule has 0 saturated carbocycles. The molecule has 0 spiro atoms. The smallest absolute Gasteiger partial charge is 0.249 e. The molecule has 1 heterocycles. The highest BCUT2D eigenvalue weighted by Gasteiger charge is 2.24. The third-order valence-corrected chi connectivity index (χ3v) is 6.07. The largest absolute Gasteiger partial charge is 0.334 e. The normalized spacial score (nSPS) is 17.1. The van der Waals surface area contributed by atoms with Gasteiger partial charge in [0.15, 0.2) is 0 Å². The number of carbonyl (C=O) groups is 1. The van der Waals surface area contributed by atoms with E-state index in [0.717, 1.165) is 35.5 Å². The molecule has 0 fully saturated rings. The van der Waals surface area contributed by atoms with Crippen LogP contribution in [-0.2, 0) is 4.79 Å². The highest BCUT2D eigenvalue weighted by Crippen LogP contribution is 2.32. The van der Waals surface area contributed by atoms with Gasteiger partial charge in [-0.15, -0.1) is 11.3 Å². The number of aryl methyl sites for hydroxylation is 1. The maximum Gasteiger partial charge on any atom is 0.249 e. The molecule has 1 atom stereocenters. The van der Waals surface area contributed by atoms with Crippen LogP contribution in [0.4, 0.5) is 0 Å². The van der Waals surface area contributed by atoms with Gasteiger partial charge in [-0.3, -0.25) is 4.79 Å². The molecule has 0 radical (unpaired) electrons. The standard InChI is InChI=1S/C18H28N2OS/c1-12(2)17-19-13(3)16(22-17)14(4)20(5)18(21)15-10-8-6-7-9-11-15/h10,12,14H,6-9,11H2,1-5H3/t14-/m1/s1. The predicted octanol–water partition coefficient (Wildman–Crippen LogP) is 4.98. The monoisotopic (exact) mass is 320 g/mol. The summed E-state index contributed by atoms with van der Waals surface area (Å²) in [7, 11) is 1.92. The molecule has 0 unspecified atom stereocenters. The van der Waals surface area contributed by atoms with Gasteiger partial charge in [-0.05, 0) is 39.5 Å². The van der Waals surface area contributed by atoms with Crippen molar-refractivity contribution in [3.05, 3.63) is 27.2 Å². The van der Waals surface area contributed by atoms with Crippen LogP contribution in [0.15, 0.2) is 11.6 Å². The van der Waals surface area contributed by atoms with Crippen molar-refractivity contribution < 1.29 is 4.79 Å². The van der Waals surface area contributed by atoms with Crippen molar-refractivity contribution in [1.82, 2.24) is 9.88 Å². The number of nitrogens with zero attached hydrogens (tertiary/aromatic N) is 2. The molecule has 0 bridgehead atoms. The summed E-state index contributed by atoms with van der Waals surface area (Å²) in [6.45, 7) is 8.49. The number of allylic oxidation sites excluding steroid dienone is 1. The molecule has 0 aromatic carbocycles. The summed E-state index contributed by atoms with van der Waals surface area (Å²) in [4.78, 5) is 20.5. The van der Waals surface area contributed by atoms with E-state index in [4.69, 9.17) is 0 Å². The average molecular weight is 321 g/mol. The molecule has 2 rings (SSSR count). The Morgan fingerprint density at radius 2 is 2.00 bits per heavy atom. The Labute approximate surface area is 138 Å². The fourth-order valence-corrected chi connectivity index (χ4v) is 4.02. The Balaban J connectivity index is 2.15. The maximum absolute atomic E-state index is 12.8. The Morgan fingerprint density at radius 3 is 2.64 bits per heavy atom. The van der Waals surface area contributed by atoms with Crippen molar-refractivity contribution in [1.29, 1.82) is 0 Å². The summed E-state index contributed by atoms with van der Waals surface area (Å²) >= 11 is 1.75. The van der Waals surface area contributed by atoms with Crippen LogP contribution in [0.3, 0.4) is 0 Å². The number of thiazole rings is 1. The van der Waals surface area contributed by atoms with Crippen molar-refractivity contribution in [3.8, 4) is 0 Å². The lowest BCUT2D eigenvalue weighted by molar-refractivity contribution is -0.127. The summed E-state index contributed by atoms with van der Waals surface area (Å²) in [6, 6.07) is 0.0849. The van der Waals surface area contributed by atoms with Crippen LogP contribution in [0.5, 0.6) is 0 Å². The van der Waals surface area contributed by atoms with Gasteiger partial charge >= 0.3 is 0 Å². The summed E-state index contributed by atoms with van der Waals surface area (Å²) < 4.78 is 0. The molecule has 1 aliphatic rings. The molecule has 3 nitrogen and oxygen atoms in total. The second-order valence-corrected chi connectivity index (χ2v) is 7.64. The first kappa shape index (κ1) is 17.2. The molecule has 1 aromatic rings. The molecule has 122 valence electrons. The van der Waals surface area contributed by atoms with E-state index in [1.807, 2.05) is 11.9 Å². The van der Waals surface area contributed by atoms with E-state index < -0.39 is 0 Å². The number of likely N-dealkylation sites (N-methyl/N-ethyl adjacent to an activating group) is 1. The topological polar surface area (TPSA) is 33.2 Å². The second kappa shape index (κ2) is 7.40. The second-order valence-electron chi connectivity index (χ2n) is 6.58. The molecule has 1 amide bonds. The van der Waals surface area contributed by atoms with Gasteiger partial charge in [0.2, 0.25) is 5.91 Å². The van der Waals surface area contributed by atoms with Crippen LogP contribution in [0.2, 0.25) is 0 Å². The summed E-state index contributed by atoms with van der Waals surface area (Å²) in [5.74, 6) is 0.628. The molecule has 4 heteroatoms. The summed E-state index contributed by atoms with van der Waals surface area (Å²) in [5.41, 5.74) is 2.06. The molecular weight excluding hydrogens is 292 g/mol. The summed E-state index contributed by atoms with van der Waals surface area (Å²) in [6.07, 6.45) is 7.70. The minimum Gasteiger partial charge on any atom is -0.334 e. The Bertz CT molecular complexity index is 559. The number of hydrogen-bond acceptors (Lipinski definition) is 3. The van der Waals surface area contributed by atoms with Gasteiger partial charge in [-0.2, -0.15) is 0 Å². The zero-order valence-electron chi connectivity index (χ0n) is 14.5. The van der Waals surface area contributed by atoms with Crippen LogP contribution in [0, 0.1) is 6.92 Å². The number of hydrogen-bond donors (Lipinski definition) is 0. The first-order valence-electron chi connectivity index (χ1n) is 8.35. The Kier molecular flexibility index (Phi) is 5.79. The third-order valence-electron chi connectivity index (χ3n) is 4.44. The predicted molar refractivity (Wildman–Crippen MR) is 93.3 cm³/mol. The molecule has 0 aliphatic heterocycles. The molecule has 0 saturated heterocycles. The van der Waals surface area contributed by atoms with Crippen LogP contribution in [-0.4, -0.2) is 22.8 Å². The lowest BCUT2D eigenvalue weighted by Crippen LogP contribution is -2.30. The minimum absolute atomic E-state index is 0.0849. The van der Waals surface area contributed by atoms with E-state index in [0.29, 0.717) is 5.92 Å². The summed E-state index contributed by atoms with van der Waals surface area (Å²) in [5, 5.41) is 1.16. The van der Waals surface area contributed by atoms with Crippen LogP contribution in [0.1, 0.15) is 80.4 Å². The van der Waals surface area contributed by atoms with E-state index in [9.17, 15) is 4.79 Å². The number of aromatic nitrogens is 1. The average Bonchev–Trinajstić information content (AvgIpc) is 2.72. The van der Waals surface area contributed by atoms with Crippen molar-refractivity contribution in [2.75, 3.05) is 7.05 Å². The first-order valence-corrected chi connectivity index (χ1v) is 9.16. The molecule has 1 aromatic heterocycles. The van der Waals surface area contributed by atoms with Gasteiger partial charge < -0.3 is 4.90 Å². The Hall–Kier alpha value is -1.16. The van der Waals surface area contributed by atoms with Gasteiger partial charge in [0.05, 0.1) is 16.7 Å². The quantitative estimate of drug-likeness (QED) is 0.783. The lowest BCUT2D eigenvalue weighted by atomic mass is 10.1. The molecular formula is C18H28N2OS. The van der Waals surface area contributed by atoms with E-state index >= 15 is 0 Å². The number of rotatable bonds is 4. The Morgan fingerprint density at radius 1 is 1.27 bits per heavy atom. The van der Waals surface area contributed by atoms with E-state index in [-0.39, 0.29) is 11.9 Å². The van der Waals surface area contributed by atoms with E-state index in [1.165, 1.54) is 17.7 Å².